The molecule has 2 aromatic heterocycles. The first-order valence-electron chi connectivity index (χ1n) is 15.1. The van der Waals surface area contributed by atoms with E-state index in [0.717, 1.165) is 46.5 Å². The third-order valence-corrected chi connectivity index (χ3v) is 8.50. The average Bonchev–Trinajstić information content (AvgIpc) is 3.74. The van der Waals surface area contributed by atoms with E-state index in [9.17, 15) is 9.59 Å². The number of rotatable bonds is 6. The Morgan fingerprint density at radius 3 is 2.59 bits per heavy atom. The number of hydrogen-bond donors (Lipinski definition) is 1. The smallest absolute Gasteiger partial charge is 0.410 e. The number of carbonyl (C=O) groups is 2. The van der Waals surface area contributed by atoms with Crippen LogP contribution in [0.2, 0.25) is 5.02 Å². The molecule has 0 bridgehead atoms. The van der Waals surface area contributed by atoms with Crippen LogP contribution in [0.3, 0.4) is 0 Å². The summed E-state index contributed by atoms with van der Waals surface area (Å²) in [7, 11) is 1.91. The second-order valence-corrected chi connectivity index (χ2v) is 13.2. The molecule has 0 spiro atoms. The van der Waals surface area contributed by atoms with Crippen molar-refractivity contribution in [3.8, 4) is 0 Å². The van der Waals surface area contributed by atoms with Crippen molar-refractivity contribution in [3.63, 3.8) is 0 Å². The van der Waals surface area contributed by atoms with Crippen molar-refractivity contribution in [1.29, 1.82) is 0 Å². The maximum atomic E-state index is 13.2. The number of hydrogen-bond acceptors (Lipinski definition) is 7. The molecule has 2 amide bonds. The number of aryl methyl sites for hydroxylation is 1. The van der Waals surface area contributed by atoms with Gasteiger partial charge in [0.15, 0.2) is 0 Å². The first kappa shape index (κ1) is 30.1. The van der Waals surface area contributed by atoms with E-state index in [1.165, 1.54) is 0 Å². The summed E-state index contributed by atoms with van der Waals surface area (Å²) in [4.78, 5) is 39.3. The summed E-state index contributed by atoms with van der Waals surface area (Å²) in [6.07, 6.45) is 8.79. The van der Waals surface area contributed by atoms with Gasteiger partial charge in [-0.2, -0.15) is 0 Å². The normalized spacial score (nSPS) is 19.2. The number of imidazole rings is 1. The zero-order valence-corrected chi connectivity index (χ0v) is 26.4. The Hall–Kier alpha value is -3.89. The number of carbonyl (C=O) groups excluding carboxylic acids is 2. The summed E-state index contributed by atoms with van der Waals surface area (Å²) in [5.74, 6) is 0.446. The van der Waals surface area contributed by atoms with Gasteiger partial charge in [-0.1, -0.05) is 23.7 Å². The number of halogens is 1. The molecule has 1 saturated carbocycles. The Kier molecular flexibility index (Phi) is 8.39. The van der Waals surface area contributed by atoms with Gasteiger partial charge in [-0.15, -0.1) is 0 Å². The predicted molar refractivity (Wildman–Crippen MR) is 168 cm³/mol. The average molecular weight is 619 g/mol. The highest BCUT2D eigenvalue weighted by Crippen LogP contribution is 2.44. The van der Waals surface area contributed by atoms with Crippen LogP contribution in [0.5, 0.6) is 0 Å². The van der Waals surface area contributed by atoms with Crippen molar-refractivity contribution in [1.82, 2.24) is 29.7 Å². The molecule has 2 atom stereocenters. The standard InChI is InChI=1S/C33H39ClN6O4/c1-33(2,3)44-32(42)40-14-12-39(13-15-40)30-24-10-9-23(34)17-25(24)26(16-22-6-5-11-36-28(22)30)29(27-18-35-20-38(27)4)37-31(41)43-19-21-7-8-21/h5-6,9-11,16-18,20-21,29-30H,7-8,12-15,19H2,1-4H3,(H,37,41). The molecule has 1 aromatic carbocycles. The molecule has 3 aliphatic rings. The molecule has 2 aliphatic carbocycles. The summed E-state index contributed by atoms with van der Waals surface area (Å²) in [5, 5.41) is 3.72. The van der Waals surface area contributed by atoms with Gasteiger partial charge in [0, 0.05) is 44.4 Å². The Morgan fingerprint density at radius 1 is 1.14 bits per heavy atom. The first-order valence-corrected chi connectivity index (χ1v) is 15.5. The van der Waals surface area contributed by atoms with Crippen LogP contribution in [-0.4, -0.2) is 74.9 Å². The lowest BCUT2D eigenvalue weighted by Crippen LogP contribution is -2.51. The zero-order chi connectivity index (χ0) is 31.0. The molecular weight excluding hydrogens is 580 g/mol. The Morgan fingerprint density at radius 2 is 1.91 bits per heavy atom. The van der Waals surface area contributed by atoms with Gasteiger partial charge in [0.2, 0.25) is 0 Å². The number of piperazine rings is 1. The van der Waals surface area contributed by atoms with Crippen LogP contribution in [0.1, 0.15) is 73.8 Å². The van der Waals surface area contributed by atoms with Gasteiger partial charge < -0.3 is 24.3 Å². The Balaban J connectivity index is 1.38. The molecular formula is C33H39ClN6O4. The molecule has 3 aromatic rings. The van der Waals surface area contributed by atoms with Gasteiger partial charge in [-0.05, 0) is 86.1 Å². The summed E-state index contributed by atoms with van der Waals surface area (Å²) in [6.45, 7) is 8.37. The monoisotopic (exact) mass is 618 g/mol. The van der Waals surface area contributed by atoms with Crippen LogP contribution in [0.25, 0.3) is 11.6 Å². The number of benzene rings is 1. The van der Waals surface area contributed by atoms with Crippen LogP contribution in [-0.2, 0) is 16.5 Å². The number of nitrogens with zero attached hydrogens (tertiary/aromatic N) is 5. The molecule has 2 unspecified atom stereocenters. The third-order valence-electron chi connectivity index (χ3n) is 8.26. The molecule has 11 heteroatoms. The van der Waals surface area contributed by atoms with Crippen LogP contribution in [0, 0.1) is 5.92 Å². The second-order valence-electron chi connectivity index (χ2n) is 12.8. The van der Waals surface area contributed by atoms with Crippen LogP contribution >= 0.6 is 11.6 Å². The highest BCUT2D eigenvalue weighted by Gasteiger charge is 2.37. The number of amides is 2. The number of alkyl carbamates (subject to hydrolysis) is 1. The minimum absolute atomic E-state index is 0.206. The van der Waals surface area contributed by atoms with Gasteiger partial charge in [0.05, 0.1) is 42.6 Å². The van der Waals surface area contributed by atoms with Crippen molar-refractivity contribution >= 4 is 35.4 Å². The minimum Gasteiger partial charge on any atom is -0.449 e. The molecule has 232 valence electrons. The van der Waals surface area contributed by atoms with Crippen molar-refractivity contribution in [2.75, 3.05) is 32.8 Å². The fourth-order valence-electron chi connectivity index (χ4n) is 5.88. The van der Waals surface area contributed by atoms with Crippen molar-refractivity contribution in [3.05, 3.63) is 82.2 Å². The van der Waals surface area contributed by atoms with Crippen LogP contribution in [0.4, 0.5) is 9.59 Å². The lowest BCUT2D eigenvalue weighted by atomic mass is 9.90. The summed E-state index contributed by atoms with van der Waals surface area (Å²) >= 11 is 6.66. The summed E-state index contributed by atoms with van der Waals surface area (Å²) in [5.41, 5.74) is 4.87. The molecule has 1 N–H and O–H groups in total. The third kappa shape index (κ3) is 6.61. The molecule has 1 saturated heterocycles. The van der Waals surface area contributed by atoms with E-state index in [-0.39, 0.29) is 12.1 Å². The number of ether oxygens (including phenoxy) is 2. The molecule has 3 heterocycles. The lowest BCUT2D eigenvalue weighted by Gasteiger charge is -2.40. The van der Waals surface area contributed by atoms with Gasteiger partial charge >= 0.3 is 12.2 Å². The lowest BCUT2D eigenvalue weighted by molar-refractivity contribution is 0.0118. The first-order chi connectivity index (χ1) is 21.1. The molecule has 0 radical (unpaired) electrons. The molecule has 2 fully saturated rings. The quantitative estimate of drug-likeness (QED) is 0.370. The summed E-state index contributed by atoms with van der Waals surface area (Å²) in [6, 6.07) is 9.09. The highest BCUT2D eigenvalue weighted by atomic mass is 35.5. The van der Waals surface area contributed by atoms with E-state index in [1.54, 1.807) is 17.4 Å². The van der Waals surface area contributed by atoms with E-state index < -0.39 is 17.7 Å². The van der Waals surface area contributed by atoms with E-state index in [0.29, 0.717) is 43.7 Å². The second kappa shape index (κ2) is 12.2. The van der Waals surface area contributed by atoms with Crippen LogP contribution < -0.4 is 5.32 Å². The number of pyridine rings is 1. The maximum absolute atomic E-state index is 13.2. The zero-order valence-electron chi connectivity index (χ0n) is 25.6. The van der Waals surface area contributed by atoms with Crippen molar-refractivity contribution in [2.24, 2.45) is 13.0 Å². The van der Waals surface area contributed by atoms with Gasteiger partial charge in [-0.3, -0.25) is 9.88 Å². The van der Waals surface area contributed by atoms with Gasteiger partial charge in [0.1, 0.15) is 5.60 Å². The minimum atomic E-state index is -0.567. The molecule has 44 heavy (non-hydrogen) atoms. The largest absolute Gasteiger partial charge is 0.449 e. The van der Waals surface area contributed by atoms with Gasteiger partial charge in [0.25, 0.3) is 0 Å². The van der Waals surface area contributed by atoms with Gasteiger partial charge in [-0.25, -0.2) is 14.6 Å². The Bertz CT molecular complexity index is 1570. The van der Waals surface area contributed by atoms with E-state index in [1.807, 2.05) is 68.9 Å². The number of aromatic nitrogens is 3. The maximum Gasteiger partial charge on any atom is 0.410 e. The summed E-state index contributed by atoms with van der Waals surface area (Å²) < 4.78 is 13.2. The molecule has 1 aliphatic heterocycles. The van der Waals surface area contributed by atoms with E-state index in [2.05, 4.69) is 21.3 Å². The van der Waals surface area contributed by atoms with Crippen LogP contribution in [0.15, 0.2) is 49.1 Å². The Labute approximate surface area is 263 Å². The predicted octanol–water partition coefficient (Wildman–Crippen LogP) is 5.84. The van der Waals surface area contributed by atoms with E-state index >= 15 is 0 Å². The van der Waals surface area contributed by atoms with Crippen molar-refractivity contribution < 1.29 is 19.1 Å². The molecule has 6 rings (SSSR count). The fourth-order valence-corrected chi connectivity index (χ4v) is 6.05. The topological polar surface area (TPSA) is 102 Å². The van der Waals surface area contributed by atoms with Crippen molar-refractivity contribution in [2.45, 2.75) is 51.3 Å². The highest BCUT2D eigenvalue weighted by molar-refractivity contribution is 6.30. The fraction of sp³-hybridized carbons (Fsp3) is 0.455. The SMILES string of the molecule is Cn1cncc1C(NC(=O)OCC1CC1)C1=Cc2cccnc2C(N2CCN(C(=O)OC(C)(C)C)CC2)c2ccc(Cl)cc21. The number of fused-ring (bicyclic) bond motifs is 2. The van der Waals surface area contributed by atoms with E-state index in [4.69, 9.17) is 26.1 Å². The molecule has 10 nitrogen and oxygen atoms in total. The number of nitrogens with one attached hydrogen (secondary N) is 1.